The Labute approximate surface area is 152 Å². The number of hydrogen-bond donors (Lipinski definition) is 2. The summed E-state index contributed by atoms with van der Waals surface area (Å²) in [5.74, 6) is -1.56. The van der Waals surface area contributed by atoms with Crippen LogP contribution in [0.1, 0.15) is 17.9 Å². The lowest BCUT2D eigenvalue weighted by molar-refractivity contribution is -0.271. The van der Waals surface area contributed by atoms with Crippen molar-refractivity contribution in [3.63, 3.8) is 0 Å². The summed E-state index contributed by atoms with van der Waals surface area (Å²) in [5.41, 5.74) is -1.94. The fourth-order valence-electron chi connectivity index (χ4n) is 2.80. The molecule has 7 nitrogen and oxygen atoms in total. The average molecular weight is 381 g/mol. The SMILES string of the molecule is Cn1ccnc1C(O)(CC(=O)NCCc1cn2ccccc2n1)C(F)(F)F. The normalized spacial score (nSPS) is 14.3. The van der Waals surface area contributed by atoms with Crippen molar-refractivity contribution in [1.82, 2.24) is 24.3 Å². The van der Waals surface area contributed by atoms with Gasteiger partial charge in [-0.1, -0.05) is 6.07 Å². The van der Waals surface area contributed by atoms with Gasteiger partial charge in [0.05, 0.1) is 12.1 Å². The van der Waals surface area contributed by atoms with Crippen LogP contribution in [0.2, 0.25) is 0 Å². The van der Waals surface area contributed by atoms with Gasteiger partial charge in [0.25, 0.3) is 0 Å². The topological polar surface area (TPSA) is 84.4 Å². The number of imidazole rings is 2. The van der Waals surface area contributed by atoms with Crippen molar-refractivity contribution in [2.24, 2.45) is 7.05 Å². The molecule has 3 aromatic rings. The highest BCUT2D eigenvalue weighted by atomic mass is 19.4. The Morgan fingerprint density at radius 1 is 1.30 bits per heavy atom. The number of aryl methyl sites for hydroxylation is 1. The van der Waals surface area contributed by atoms with E-state index in [0.717, 1.165) is 16.4 Å². The molecule has 10 heteroatoms. The van der Waals surface area contributed by atoms with Crippen molar-refractivity contribution < 1.29 is 23.1 Å². The molecule has 0 aliphatic heterocycles. The number of rotatable bonds is 6. The molecule has 1 amide bonds. The van der Waals surface area contributed by atoms with E-state index in [-0.39, 0.29) is 6.54 Å². The van der Waals surface area contributed by atoms with Crippen LogP contribution in [0.5, 0.6) is 0 Å². The number of nitrogens with zero attached hydrogens (tertiary/aromatic N) is 4. The van der Waals surface area contributed by atoms with E-state index in [1.807, 2.05) is 24.4 Å². The zero-order valence-corrected chi connectivity index (χ0v) is 14.4. The number of carbonyl (C=O) groups is 1. The van der Waals surface area contributed by atoms with Gasteiger partial charge >= 0.3 is 6.18 Å². The Hall–Kier alpha value is -2.88. The zero-order chi connectivity index (χ0) is 19.7. The number of alkyl halides is 3. The Kier molecular flexibility index (Phi) is 4.92. The predicted molar refractivity (Wildman–Crippen MR) is 89.7 cm³/mol. The number of hydrogen-bond acceptors (Lipinski definition) is 4. The molecule has 1 unspecified atom stereocenters. The summed E-state index contributed by atoms with van der Waals surface area (Å²) in [5, 5.41) is 12.6. The van der Waals surface area contributed by atoms with Crippen molar-refractivity contribution in [3.8, 4) is 0 Å². The lowest BCUT2D eigenvalue weighted by Crippen LogP contribution is -2.48. The van der Waals surface area contributed by atoms with E-state index in [9.17, 15) is 23.1 Å². The minimum Gasteiger partial charge on any atom is -0.374 e. The van der Waals surface area contributed by atoms with Gasteiger partial charge in [-0.3, -0.25) is 4.79 Å². The van der Waals surface area contributed by atoms with Crippen LogP contribution < -0.4 is 5.32 Å². The van der Waals surface area contributed by atoms with E-state index < -0.39 is 29.9 Å². The van der Waals surface area contributed by atoms with Gasteiger partial charge in [0.1, 0.15) is 5.65 Å². The third-order valence-corrected chi connectivity index (χ3v) is 4.19. The molecule has 0 saturated heterocycles. The maximum absolute atomic E-state index is 13.4. The molecule has 0 saturated carbocycles. The van der Waals surface area contributed by atoms with Crippen LogP contribution in [0.4, 0.5) is 13.2 Å². The van der Waals surface area contributed by atoms with Gasteiger partial charge in [-0.25, -0.2) is 9.97 Å². The molecule has 2 N–H and O–H groups in total. The monoisotopic (exact) mass is 381 g/mol. The molecule has 144 valence electrons. The molecule has 3 aromatic heterocycles. The second kappa shape index (κ2) is 7.03. The number of aromatic nitrogens is 4. The van der Waals surface area contributed by atoms with Crippen molar-refractivity contribution >= 4 is 11.6 Å². The fourth-order valence-corrected chi connectivity index (χ4v) is 2.80. The molecule has 3 heterocycles. The molecule has 1 atom stereocenters. The second-order valence-electron chi connectivity index (χ2n) is 6.19. The quantitative estimate of drug-likeness (QED) is 0.679. The third kappa shape index (κ3) is 3.80. The van der Waals surface area contributed by atoms with E-state index in [0.29, 0.717) is 12.1 Å². The van der Waals surface area contributed by atoms with Crippen LogP contribution in [0.25, 0.3) is 5.65 Å². The lowest BCUT2D eigenvalue weighted by Gasteiger charge is -2.29. The van der Waals surface area contributed by atoms with Gasteiger partial charge in [-0.2, -0.15) is 13.2 Å². The summed E-state index contributed by atoms with van der Waals surface area (Å²) < 4.78 is 43.1. The predicted octanol–water partition coefficient (Wildman–Crippen LogP) is 1.57. The Morgan fingerprint density at radius 3 is 2.70 bits per heavy atom. The van der Waals surface area contributed by atoms with E-state index in [1.165, 1.54) is 13.2 Å². The molecular weight excluding hydrogens is 363 g/mol. The maximum Gasteiger partial charge on any atom is 0.425 e. The smallest absolute Gasteiger partial charge is 0.374 e. The summed E-state index contributed by atoms with van der Waals surface area (Å²) >= 11 is 0. The Bertz CT molecular complexity index is 916. The van der Waals surface area contributed by atoms with E-state index in [4.69, 9.17) is 0 Å². The molecule has 3 rings (SSSR count). The van der Waals surface area contributed by atoms with Crippen molar-refractivity contribution in [3.05, 3.63) is 54.5 Å². The number of pyridine rings is 1. The first-order valence-corrected chi connectivity index (χ1v) is 8.17. The van der Waals surface area contributed by atoms with Crippen LogP contribution in [0, 0.1) is 0 Å². The number of carbonyl (C=O) groups excluding carboxylic acids is 1. The Morgan fingerprint density at radius 2 is 2.07 bits per heavy atom. The van der Waals surface area contributed by atoms with E-state index >= 15 is 0 Å². The van der Waals surface area contributed by atoms with Crippen LogP contribution in [0.3, 0.4) is 0 Å². The highest BCUT2D eigenvalue weighted by Crippen LogP contribution is 2.40. The number of amides is 1. The molecule has 0 spiro atoms. The summed E-state index contributed by atoms with van der Waals surface area (Å²) in [4.78, 5) is 19.9. The largest absolute Gasteiger partial charge is 0.425 e. The van der Waals surface area contributed by atoms with Gasteiger partial charge < -0.3 is 19.4 Å². The zero-order valence-electron chi connectivity index (χ0n) is 14.4. The first-order chi connectivity index (χ1) is 12.7. The fraction of sp³-hybridized carbons (Fsp3) is 0.353. The highest BCUT2D eigenvalue weighted by Gasteiger charge is 2.58. The summed E-state index contributed by atoms with van der Waals surface area (Å²) in [7, 11) is 1.32. The van der Waals surface area contributed by atoms with Gasteiger partial charge in [0, 0.05) is 44.8 Å². The molecule has 0 aliphatic rings. The van der Waals surface area contributed by atoms with Gasteiger partial charge in [-0.05, 0) is 12.1 Å². The molecule has 0 aromatic carbocycles. The van der Waals surface area contributed by atoms with Crippen LogP contribution >= 0.6 is 0 Å². The number of halogens is 3. The number of fused-ring (bicyclic) bond motifs is 1. The highest BCUT2D eigenvalue weighted by molar-refractivity contribution is 5.77. The van der Waals surface area contributed by atoms with Gasteiger partial charge in [0.2, 0.25) is 11.5 Å². The standard InChI is InChI=1S/C17H18F3N5O2/c1-24-9-7-22-15(24)16(27,17(18,19)20)10-14(26)21-6-5-12-11-25-8-3-2-4-13(25)23-12/h2-4,7-9,11,27H,5-6,10H2,1H3,(H,21,26). The average Bonchev–Trinajstić information content (AvgIpc) is 3.19. The molecular formula is C17H18F3N5O2. The van der Waals surface area contributed by atoms with Crippen LogP contribution in [-0.2, 0) is 23.9 Å². The van der Waals surface area contributed by atoms with E-state index in [1.54, 1.807) is 10.6 Å². The first kappa shape index (κ1) is 18.9. The van der Waals surface area contributed by atoms with Crippen molar-refractivity contribution in [2.45, 2.75) is 24.6 Å². The summed E-state index contributed by atoms with van der Waals surface area (Å²) in [6, 6.07) is 5.50. The molecule has 0 radical (unpaired) electrons. The van der Waals surface area contributed by atoms with Crippen LogP contribution in [0.15, 0.2) is 43.0 Å². The maximum atomic E-state index is 13.4. The third-order valence-electron chi connectivity index (χ3n) is 4.19. The lowest BCUT2D eigenvalue weighted by atomic mass is 9.97. The summed E-state index contributed by atoms with van der Waals surface area (Å²) in [6.07, 6.45) is 0.126. The van der Waals surface area contributed by atoms with Gasteiger partial charge in [0.15, 0.2) is 5.82 Å². The molecule has 27 heavy (non-hydrogen) atoms. The van der Waals surface area contributed by atoms with Gasteiger partial charge in [-0.15, -0.1) is 0 Å². The summed E-state index contributed by atoms with van der Waals surface area (Å²) in [6.45, 7) is 0.0945. The minimum absolute atomic E-state index is 0.0945. The molecule has 0 bridgehead atoms. The van der Waals surface area contributed by atoms with Crippen molar-refractivity contribution in [1.29, 1.82) is 0 Å². The molecule has 0 aliphatic carbocycles. The second-order valence-corrected chi connectivity index (χ2v) is 6.19. The van der Waals surface area contributed by atoms with E-state index in [2.05, 4.69) is 15.3 Å². The molecule has 0 fully saturated rings. The minimum atomic E-state index is -5.05. The Balaban J connectivity index is 1.63. The van der Waals surface area contributed by atoms with Crippen LogP contribution in [-0.4, -0.2) is 42.7 Å². The first-order valence-electron chi connectivity index (χ1n) is 8.17. The van der Waals surface area contributed by atoms with Crippen molar-refractivity contribution in [2.75, 3.05) is 6.54 Å². The number of nitrogens with one attached hydrogen (secondary N) is 1. The number of aliphatic hydroxyl groups is 1.